The first kappa shape index (κ1) is 17.0. The van der Waals surface area contributed by atoms with Crippen molar-refractivity contribution in [3.05, 3.63) is 35.9 Å². The average molecular weight is 319 g/mol. The van der Waals surface area contributed by atoms with Crippen LogP contribution in [0.3, 0.4) is 0 Å². The quantitative estimate of drug-likeness (QED) is 0.669. The Morgan fingerprint density at radius 2 is 2.00 bits per heavy atom. The van der Waals surface area contributed by atoms with Crippen molar-refractivity contribution in [3.8, 4) is 0 Å². The molecule has 2 amide bonds. The van der Waals surface area contributed by atoms with E-state index < -0.39 is 24.0 Å². The molecular formula is C16H21N3O4. The maximum atomic E-state index is 12.4. The number of nitrogens with two attached hydrogens (primary N) is 1. The molecule has 7 nitrogen and oxygen atoms in total. The zero-order valence-corrected chi connectivity index (χ0v) is 12.8. The number of hydrogen-bond acceptors (Lipinski definition) is 4. The number of carbonyl (C=O) groups excluding carboxylic acids is 2. The highest BCUT2D eigenvalue weighted by Gasteiger charge is 2.35. The number of carbonyl (C=O) groups is 3. The van der Waals surface area contributed by atoms with Gasteiger partial charge < -0.3 is 21.1 Å². The van der Waals surface area contributed by atoms with Gasteiger partial charge in [0.2, 0.25) is 11.8 Å². The number of carboxylic acid groups (broad SMARTS) is 1. The first-order valence-electron chi connectivity index (χ1n) is 7.59. The Morgan fingerprint density at radius 1 is 1.30 bits per heavy atom. The molecule has 0 radical (unpaired) electrons. The molecule has 1 fully saturated rings. The topological polar surface area (TPSA) is 113 Å². The van der Waals surface area contributed by atoms with Crippen molar-refractivity contribution in [2.45, 2.75) is 31.3 Å². The second-order valence-corrected chi connectivity index (χ2v) is 5.54. The lowest BCUT2D eigenvalue weighted by Gasteiger charge is -2.25. The van der Waals surface area contributed by atoms with Crippen molar-refractivity contribution in [3.63, 3.8) is 0 Å². The fourth-order valence-corrected chi connectivity index (χ4v) is 2.77. The Kier molecular flexibility index (Phi) is 5.70. The van der Waals surface area contributed by atoms with Gasteiger partial charge in [0.1, 0.15) is 12.1 Å². The molecule has 4 N–H and O–H groups in total. The highest BCUT2D eigenvalue weighted by atomic mass is 16.4. The van der Waals surface area contributed by atoms with Crippen LogP contribution >= 0.6 is 0 Å². The summed E-state index contributed by atoms with van der Waals surface area (Å²) in [6, 6.07) is 7.42. The van der Waals surface area contributed by atoms with Crippen LogP contribution in [0.1, 0.15) is 18.4 Å². The first-order valence-corrected chi connectivity index (χ1v) is 7.59. The second kappa shape index (κ2) is 7.73. The summed E-state index contributed by atoms with van der Waals surface area (Å²) in [6.07, 6.45) is 1.43. The van der Waals surface area contributed by atoms with Crippen LogP contribution in [0.5, 0.6) is 0 Å². The van der Waals surface area contributed by atoms with Gasteiger partial charge in [-0.1, -0.05) is 30.3 Å². The largest absolute Gasteiger partial charge is 0.480 e. The van der Waals surface area contributed by atoms with Gasteiger partial charge in [0.15, 0.2) is 0 Å². The molecular weight excluding hydrogens is 298 g/mol. The Bertz CT molecular complexity index is 576. The van der Waals surface area contributed by atoms with E-state index in [1.165, 1.54) is 4.90 Å². The molecule has 1 aromatic carbocycles. The van der Waals surface area contributed by atoms with Crippen molar-refractivity contribution in [1.82, 2.24) is 10.2 Å². The third kappa shape index (κ3) is 4.29. The number of benzene rings is 1. The van der Waals surface area contributed by atoms with E-state index in [1.807, 2.05) is 30.3 Å². The lowest BCUT2D eigenvalue weighted by molar-refractivity contribution is -0.143. The zero-order valence-electron chi connectivity index (χ0n) is 12.8. The summed E-state index contributed by atoms with van der Waals surface area (Å²) in [4.78, 5) is 37.0. The van der Waals surface area contributed by atoms with E-state index in [0.29, 0.717) is 19.4 Å². The van der Waals surface area contributed by atoms with E-state index in [9.17, 15) is 19.5 Å². The van der Waals surface area contributed by atoms with Gasteiger partial charge in [-0.3, -0.25) is 9.59 Å². The van der Waals surface area contributed by atoms with E-state index in [2.05, 4.69) is 5.32 Å². The molecule has 7 heteroatoms. The number of nitrogens with one attached hydrogen (secondary N) is 1. The maximum Gasteiger partial charge on any atom is 0.326 e. The number of likely N-dealkylation sites (tertiary alicyclic amines) is 1. The van der Waals surface area contributed by atoms with Crippen molar-refractivity contribution >= 4 is 17.8 Å². The van der Waals surface area contributed by atoms with Crippen LogP contribution in [0.15, 0.2) is 30.3 Å². The number of hydrogen-bond donors (Lipinski definition) is 3. The van der Waals surface area contributed by atoms with Gasteiger partial charge in [0, 0.05) is 13.0 Å². The van der Waals surface area contributed by atoms with E-state index >= 15 is 0 Å². The summed E-state index contributed by atoms with van der Waals surface area (Å²) >= 11 is 0. The molecule has 0 aromatic heterocycles. The van der Waals surface area contributed by atoms with E-state index in [0.717, 1.165) is 5.56 Å². The Balaban J connectivity index is 2.03. The molecule has 0 spiro atoms. The van der Waals surface area contributed by atoms with Crippen LogP contribution in [0.25, 0.3) is 0 Å². The van der Waals surface area contributed by atoms with Crippen molar-refractivity contribution in [1.29, 1.82) is 0 Å². The van der Waals surface area contributed by atoms with Crippen LogP contribution in [0.2, 0.25) is 0 Å². The van der Waals surface area contributed by atoms with Crippen LogP contribution in [0.4, 0.5) is 0 Å². The lowest BCUT2D eigenvalue weighted by atomic mass is 10.1. The van der Waals surface area contributed by atoms with Gasteiger partial charge in [-0.15, -0.1) is 0 Å². The minimum absolute atomic E-state index is 0.157. The van der Waals surface area contributed by atoms with Crippen molar-refractivity contribution in [2.75, 3.05) is 13.1 Å². The minimum atomic E-state index is -1.10. The number of amides is 2. The van der Waals surface area contributed by atoms with Crippen LogP contribution in [0, 0.1) is 0 Å². The molecule has 1 aliphatic heterocycles. The summed E-state index contributed by atoms with van der Waals surface area (Å²) in [5.74, 6) is -1.83. The second-order valence-electron chi connectivity index (χ2n) is 5.54. The van der Waals surface area contributed by atoms with Crippen LogP contribution < -0.4 is 11.1 Å². The third-order valence-corrected chi connectivity index (χ3v) is 3.95. The number of aliphatic carboxylic acids is 1. The van der Waals surface area contributed by atoms with Gasteiger partial charge in [-0.2, -0.15) is 0 Å². The average Bonchev–Trinajstić information content (AvgIpc) is 3.04. The minimum Gasteiger partial charge on any atom is -0.480 e. The molecule has 1 heterocycles. The molecule has 0 saturated carbocycles. The molecule has 1 aliphatic rings. The van der Waals surface area contributed by atoms with E-state index in [1.54, 1.807) is 0 Å². The SMILES string of the molecule is NCC(=O)N1CCC[C@H]1C(=O)N[C@@H](Cc1ccccc1)C(=O)O. The van der Waals surface area contributed by atoms with Crippen LogP contribution in [-0.4, -0.2) is 53.0 Å². The molecule has 0 bridgehead atoms. The maximum absolute atomic E-state index is 12.4. The highest BCUT2D eigenvalue weighted by Crippen LogP contribution is 2.17. The number of rotatable bonds is 6. The van der Waals surface area contributed by atoms with E-state index in [4.69, 9.17) is 5.73 Å². The van der Waals surface area contributed by atoms with Crippen molar-refractivity contribution in [2.24, 2.45) is 5.73 Å². The summed E-state index contributed by atoms with van der Waals surface area (Å²) < 4.78 is 0. The molecule has 0 unspecified atom stereocenters. The summed E-state index contributed by atoms with van der Waals surface area (Å²) in [5, 5.41) is 11.9. The molecule has 23 heavy (non-hydrogen) atoms. The number of nitrogens with zero attached hydrogens (tertiary/aromatic N) is 1. The third-order valence-electron chi connectivity index (χ3n) is 3.95. The summed E-state index contributed by atoms with van der Waals surface area (Å²) in [7, 11) is 0. The lowest BCUT2D eigenvalue weighted by Crippen LogP contribution is -2.52. The molecule has 1 saturated heterocycles. The van der Waals surface area contributed by atoms with E-state index in [-0.39, 0.29) is 18.9 Å². The summed E-state index contributed by atoms with van der Waals surface area (Å²) in [6.45, 7) is 0.320. The molecule has 0 aliphatic carbocycles. The first-order chi connectivity index (χ1) is 11.0. The standard InChI is InChI=1S/C16H21N3O4/c17-10-14(20)19-8-4-7-13(19)15(21)18-12(16(22)23)9-11-5-2-1-3-6-11/h1-3,5-6,12-13H,4,7-10,17H2,(H,18,21)(H,22,23)/t12-,13-/m0/s1. The smallest absolute Gasteiger partial charge is 0.326 e. The Labute approximate surface area is 134 Å². The monoisotopic (exact) mass is 319 g/mol. The van der Waals surface area contributed by atoms with Gasteiger partial charge >= 0.3 is 5.97 Å². The molecule has 2 atom stereocenters. The van der Waals surface area contributed by atoms with Gasteiger partial charge in [-0.25, -0.2) is 4.79 Å². The number of carboxylic acids is 1. The molecule has 124 valence electrons. The zero-order chi connectivity index (χ0) is 16.8. The summed E-state index contributed by atoms with van der Waals surface area (Å²) in [5.41, 5.74) is 6.17. The normalized spacial score (nSPS) is 18.5. The van der Waals surface area contributed by atoms with Gasteiger partial charge in [0.05, 0.1) is 6.54 Å². The fourth-order valence-electron chi connectivity index (χ4n) is 2.77. The Hall–Kier alpha value is -2.41. The van der Waals surface area contributed by atoms with Gasteiger partial charge in [-0.05, 0) is 18.4 Å². The molecule has 2 rings (SSSR count). The fraction of sp³-hybridized carbons (Fsp3) is 0.438. The molecule has 1 aromatic rings. The highest BCUT2D eigenvalue weighted by molar-refractivity contribution is 5.91. The van der Waals surface area contributed by atoms with Gasteiger partial charge in [0.25, 0.3) is 0 Å². The van der Waals surface area contributed by atoms with Crippen molar-refractivity contribution < 1.29 is 19.5 Å². The predicted molar refractivity (Wildman–Crippen MR) is 83.5 cm³/mol. The van der Waals surface area contributed by atoms with Crippen LogP contribution in [-0.2, 0) is 20.8 Å². The Morgan fingerprint density at radius 3 is 2.61 bits per heavy atom. The predicted octanol–water partition coefficient (Wildman–Crippen LogP) is -0.252.